The minimum absolute atomic E-state index is 0.690. The van der Waals surface area contributed by atoms with Crippen molar-refractivity contribution >= 4 is 18.0 Å². The fraction of sp³-hybridized carbons (Fsp3) is 0.500. The van der Waals surface area contributed by atoms with Gasteiger partial charge in [-0.05, 0) is 5.41 Å². The first-order chi connectivity index (χ1) is 3.97. The van der Waals surface area contributed by atoms with Crippen molar-refractivity contribution in [2.24, 2.45) is 10.9 Å². The molecule has 0 saturated heterocycles. The Morgan fingerprint density at radius 3 is 3.50 bits per heavy atom. The van der Waals surface area contributed by atoms with E-state index in [1.165, 1.54) is 0 Å². The maximum Gasteiger partial charge on any atom is 0.0518 e. The van der Waals surface area contributed by atoms with Crippen LogP contribution in [0.5, 0.6) is 0 Å². The normalized spacial score (nSPS) is 41.0. The van der Waals surface area contributed by atoms with E-state index in [4.69, 9.17) is 0 Å². The van der Waals surface area contributed by atoms with Gasteiger partial charge in [-0.3, -0.25) is 4.99 Å². The van der Waals surface area contributed by atoms with E-state index in [0.29, 0.717) is 5.25 Å². The average molecular weight is 125 g/mol. The van der Waals surface area contributed by atoms with Gasteiger partial charge in [0.25, 0.3) is 0 Å². The van der Waals surface area contributed by atoms with Gasteiger partial charge in [-0.1, -0.05) is 6.08 Å². The Labute approximate surface area is 52.9 Å². The summed E-state index contributed by atoms with van der Waals surface area (Å²) in [6.07, 6.45) is 4.32. The Morgan fingerprint density at radius 2 is 2.62 bits per heavy atom. The molecule has 0 radical (unpaired) electrons. The van der Waals surface area contributed by atoms with Crippen LogP contribution < -0.4 is 0 Å². The van der Waals surface area contributed by atoms with E-state index in [9.17, 15) is 0 Å². The van der Waals surface area contributed by atoms with Crippen LogP contribution in [0.4, 0.5) is 0 Å². The van der Waals surface area contributed by atoms with Crippen molar-refractivity contribution in [1.82, 2.24) is 0 Å². The monoisotopic (exact) mass is 125 g/mol. The van der Waals surface area contributed by atoms with E-state index in [0.717, 1.165) is 12.5 Å². The molecule has 2 atom stereocenters. The molecular weight excluding hydrogens is 118 g/mol. The number of hydrogen-bond donors (Lipinski definition) is 0. The fourth-order valence-corrected chi connectivity index (χ4v) is 2.05. The summed E-state index contributed by atoms with van der Waals surface area (Å²) < 4.78 is 0. The highest BCUT2D eigenvalue weighted by molar-refractivity contribution is 8.03. The zero-order valence-corrected chi connectivity index (χ0v) is 5.27. The second kappa shape index (κ2) is 1.62. The molecule has 0 aromatic rings. The summed E-state index contributed by atoms with van der Waals surface area (Å²) in [4.78, 5) is 4.17. The molecule has 0 aromatic heterocycles. The Morgan fingerprint density at radius 1 is 1.62 bits per heavy atom. The molecule has 42 valence electrons. The standard InChI is InChI=1S/C6H7NS/c1-2-8-6-4-7-3-5(1)6/h1-2,4-6H,3H2. The van der Waals surface area contributed by atoms with Crippen LogP contribution in [-0.2, 0) is 0 Å². The van der Waals surface area contributed by atoms with Crippen LogP contribution in [0.1, 0.15) is 0 Å². The molecule has 2 rings (SSSR count). The van der Waals surface area contributed by atoms with Crippen molar-refractivity contribution in [3.63, 3.8) is 0 Å². The third-order valence-electron chi connectivity index (χ3n) is 1.55. The number of thioether (sulfide) groups is 1. The molecule has 2 heteroatoms. The molecule has 2 heterocycles. The van der Waals surface area contributed by atoms with Crippen LogP contribution in [0.15, 0.2) is 16.5 Å². The van der Waals surface area contributed by atoms with E-state index >= 15 is 0 Å². The highest BCUT2D eigenvalue weighted by atomic mass is 32.2. The summed E-state index contributed by atoms with van der Waals surface area (Å²) >= 11 is 1.88. The summed E-state index contributed by atoms with van der Waals surface area (Å²) in [6, 6.07) is 0. The van der Waals surface area contributed by atoms with Crippen LogP contribution in [0.3, 0.4) is 0 Å². The van der Waals surface area contributed by atoms with Crippen molar-refractivity contribution < 1.29 is 0 Å². The quantitative estimate of drug-likeness (QED) is 0.475. The first-order valence-electron chi connectivity index (χ1n) is 2.79. The van der Waals surface area contributed by atoms with Crippen LogP contribution in [-0.4, -0.2) is 18.0 Å². The molecule has 0 bridgehead atoms. The number of fused-ring (bicyclic) bond motifs is 1. The van der Waals surface area contributed by atoms with Gasteiger partial charge in [0, 0.05) is 18.7 Å². The fourth-order valence-electron chi connectivity index (χ4n) is 1.04. The molecule has 8 heavy (non-hydrogen) atoms. The first kappa shape index (κ1) is 4.62. The summed E-state index contributed by atoms with van der Waals surface area (Å²) in [5.74, 6) is 0.736. The Bertz CT molecular complexity index is 133. The third kappa shape index (κ3) is 0.525. The largest absolute Gasteiger partial charge is 0.296 e. The van der Waals surface area contributed by atoms with Gasteiger partial charge >= 0.3 is 0 Å². The Hall–Kier alpha value is -0.240. The van der Waals surface area contributed by atoms with Crippen LogP contribution >= 0.6 is 11.8 Å². The lowest BCUT2D eigenvalue weighted by Gasteiger charge is -2.00. The van der Waals surface area contributed by atoms with Gasteiger partial charge < -0.3 is 0 Å². The molecule has 2 unspecified atom stereocenters. The van der Waals surface area contributed by atoms with Gasteiger partial charge in [-0.15, -0.1) is 11.8 Å². The van der Waals surface area contributed by atoms with Crippen molar-refractivity contribution in [3.05, 3.63) is 11.5 Å². The molecule has 0 spiro atoms. The topological polar surface area (TPSA) is 12.4 Å². The summed E-state index contributed by atoms with van der Waals surface area (Å²) in [6.45, 7) is 1.02. The SMILES string of the molecule is C1=CC2CN=CC2S1. The van der Waals surface area contributed by atoms with E-state index in [2.05, 4.69) is 22.7 Å². The van der Waals surface area contributed by atoms with Gasteiger partial charge in [-0.25, -0.2) is 0 Å². The Balaban J connectivity index is 2.20. The van der Waals surface area contributed by atoms with Gasteiger partial charge in [0.05, 0.1) is 5.25 Å². The molecule has 0 aromatic carbocycles. The predicted molar refractivity (Wildman–Crippen MR) is 37.4 cm³/mol. The zero-order chi connectivity index (χ0) is 5.40. The molecule has 1 nitrogen and oxygen atoms in total. The second-order valence-corrected chi connectivity index (χ2v) is 3.20. The number of aliphatic imine (C=N–C) groups is 1. The first-order valence-corrected chi connectivity index (χ1v) is 3.73. The van der Waals surface area contributed by atoms with Gasteiger partial charge in [0.15, 0.2) is 0 Å². The van der Waals surface area contributed by atoms with E-state index in [1.807, 2.05) is 11.8 Å². The maximum atomic E-state index is 4.17. The molecule has 0 fully saturated rings. The van der Waals surface area contributed by atoms with Gasteiger partial charge in [0.2, 0.25) is 0 Å². The van der Waals surface area contributed by atoms with Gasteiger partial charge in [0.1, 0.15) is 0 Å². The van der Waals surface area contributed by atoms with E-state index < -0.39 is 0 Å². The van der Waals surface area contributed by atoms with Crippen LogP contribution in [0.2, 0.25) is 0 Å². The number of nitrogens with zero attached hydrogens (tertiary/aromatic N) is 1. The lowest BCUT2D eigenvalue weighted by atomic mass is 10.1. The van der Waals surface area contributed by atoms with Crippen LogP contribution in [0.25, 0.3) is 0 Å². The molecule has 0 saturated carbocycles. The smallest absolute Gasteiger partial charge is 0.0518 e. The zero-order valence-electron chi connectivity index (χ0n) is 4.45. The third-order valence-corrected chi connectivity index (χ3v) is 2.65. The van der Waals surface area contributed by atoms with Gasteiger partial charge in [-0.2, -0.15) is 0 Å². The van der Waals surface area contributed by atoms with Crippen molar-refractivity contribution in [1.29, 1.82) is 0 Å². The van der Waals surface area contributed by atoms with Crippen molar-refractivity contribution in [2.75, 3.05) is 6.54 Å². The lowest BCUT2D eigenvalue weighted by molar-refractivity contribution is 0.767. The summed E-state index contributed by atoms with van der Waals surface area (Å²) in [5.41, 5.74) is 0. The van der Waals surface area contributed by atoms with E-state index in [-0.39, 0.29) is 0 Å². The maximum absolute atomic E-state index is 4.17. The molecule has 0 amide bonds. The molecule has 0 N–H and O–H groups in total. The van der Waals surface area contributed by atoms with E-state index in [1.54, 1.807) is 0 Å². The Kier molecular flexibility index (Phi) is 0.937. The number of rotatable bonds is 0. The minimum Gasteiger partial charge on any atom is -0.296 e. The molecule has 0 aliphatic carbocycles. The molecular formula is C6H7NS. The van der Waals surface area contributed by atoms with Crippen LogP contribution in [0, 0.1) is 5.92 Å². The lowest BCUT2D eigenvalue weighted by Crippen LogP contribution is -2.07. The highest BCUT2D eigenvalue weighted by Crippen LogP contribution is 2.31. The van der Waals surface area contributed by atoms with Crippen molar-refractivity contribution in [3.8, 4) is 0 Å². The number of hydrogen-bond acceptors (Lipinski definition) is 2. The predicted octanol–water partition coefficient (Wildman–Crippen LogP) is 1.32. The summed E-state index contributed by atoms with van der Waals surface area (Å²) in [7, 11) is 0. The average Bonchev–Trinajstić information content (AvgIpc) is 2.15. The highest BCUT2D eigenvalue weighted by Gasteiger charge is 2.24. The van der Waals surface area contributed by atoms with Crippen molar-refractivity contribution in [2.45, 2.75) is 5.25 Å². The second-order valence-electron chi connectivity index (χ2n) is 2.11. The summed E-state index contributed by atoms with van der Waals surface area (Å²) in [5, 5.41) is 2.87. The molecule has 2 aliphatic rings. The molecule has 2 aliphatic heterocycles. The minimum atomic E-state index is 0.690.